The Morgan fingerprint density at radius 2 is 2.10 bits per heavy atom. The van der Waals surface area contributed by atoms with Crippen molar-refractivity contribution in [2.75, 3.05) is 7.11 Å². The zero-order chi connectivity index (χ0) is 15.4. The lowest BCUT2D eigenvalue weighted by Crippen LogP contribution is -2.29. The largest absolute Gasteiger partial charge is 0.507 e. The number of nitrogens with one attached hydrogen (secondary N) is 1. The molecule has 0 aliphatic rings. The van der Waals surface area contributed by atoms with Gasteiger partial charge in [0.2, 0.25) is 0 Å². The molecule has 21 heavy (non-hydrogen) atoms. The van der Waals surface area contributed by atoms with E-state index in [0.717, 1.165) is 21.6 Å². The van der Waals surface area contributed by atoms with Crippen molar-refractivity contribution in [2.45, 2.75) is 26.4 Å². The molecule has 0 unspecified atom stereocenters. The standard InChI is InChI=1S/C15H18N2O3S/c1-9-4-11(5-10(2)14(9)18)13(15(19)20-3)17-7-12-6-16-8-21-12/h4-6,8,13,17-18H,7H2,1-3H3/t13-/m1/s1. The maximum absolute atomic E-state index is 12.0. The highest BCUT2D eigenvalue weighted by Crippen LogP contribution is 2.27. The minimum Gasteiger partial charge on any atom is -0.507 e. The molecule has 112 valence electrons. The van der Waals surface area contributed by atoms with Gasteiger partial charge in [-0.05, 0) is 30.5 Å². The Morgan fingerprint density at radius 3 is 2.62 bits per heavy atom. The Hall–Kier alpha value is -1.92. The third-order valence-electron chi connectivity index (χ3n) is 3.25. The number of aromatic hydroxyl groups is 1. The van der Waals surface area contributed by atoms with E-state index in [0.29, 0.717) is 6.54 Å². The van der Waals surface area contributed by atoms with Crippen LogP contribution in [0.25, 0.3) is 0 Å². The molecule has 0 radical (unpaired) electrons. The van der Waals surface area contributed by atoms with Crippen LogP contribution in [-0.4, -0.2) is 23.2 Å². The average Bonchev–Trinajstić information content (AvgIpc) is 2.97. The number of ether oxygens (including phenoxy) is 1. The van der Waals surface area contributed by atoms with Crippen LogP contribution in [0.5, 0.6) is 5.75 Å². The molecule has 0 spiro atoms. The molecule has 2 aromatic rings. The molecule has 1 atom stereocenters. The fourth-order valence-corrected chi connectivity index (χ4v) is 2.69. The molecule has 5 nitrogen and oxygen atoms in total. The average molecular weight is 306 g/mol. The van der Waals surface area contributed by atoms with Gasteiger partial charge in [0.15, 0.2) is 0 Å². The van der Waals surface area contributed by atoms with E-state index >= 15 is 0 Å². The summed E-state index contributed by atoms with van der Waals surface area (Å²) in [6.07, 6.45) is 1.76. The Bertz CT molecular complexity index is 603. The predicted molar refractivity (Wildman–Crippen MR) is 81.3 cm³/mol. The second-order valence-electron chi connectivity index (χ2n) is 4.81. The fourth-order valence-electron chi connectivity index (χ4n) is 2.14. The van der Waals surface area contributed by atoms with Crippen molar-refractivity contribution in [3.8, 4) is 5.75 Å². The molecule has 0 amide bonds. The number of benzene rings is 1. The van der Waals surface area contributed by atoms with E-state index in [9.17, 15) is 9.90 Å². The monoisotopic (exact) mass is 306 g/mol. The number of esters is 1. The summed E-state index contributed by atoms with van der Waals surface area (Å²) in [4.78, 5) is 17.1. The molecule has 0 saturated carbocycles. The number of hydrogen-bond acceptors (Lipinski definition) is 6. The summed E-state index contributed by atoms with van der Waals surface area (Å²) >= 11 is 1.52. The highest BCUT2D eigenvalue weighted by molar-refractivity contribution is 7.09. The predicted octanol–water partition coefficient (Wildman–Crippen LogP) is 2.47. The van der Waals surface area contributed by atoms with Crippen molar-refractivity contribution in [1.29, 1.82) is 0 Å². The number of rotatable bonds is 5. The topological polar surface area (TPSA) is 71.5 Å². The van der Waals surface area contributed by atoms with Crippen LogP contribution in [0.3, 0.4) is 0 Å². The number of aromatic nitrogens is 1. The molecule has 1 aromatic heterocycles. The molecular weight excluding hydrogens is 288 g/mol. The molecule has 2 N–H and O–H groups in total. The van der Waals surface area contributed by atoms with Crippen molar-refractivity contribution >= 4 is 17.3 Å². The highest BCUT2D eigenvalue weighted by atomic mass is 32.1. The number of carbonyl (C=O) groups is 1. The van der Waals surface area contributed by atoms with E-state index in [1.165, 1.54) is 18.4 Å². The van der Waals surface area contributed by atoms with E-state index in [2.05, 4.69) is 10.3 Å². The van der Waals surface area contributed by atoms with E-state index in [1.807, 2.05) is 13.8 Å². The van der Waals surface area contributed by atoms with Gasteiger partial charge < -0.3 is 9.84 Å². The Morgan fingerprint density at radius 1 is 1.43 bits per heavy atom. The molecule has 0 aliphatic carbocycles. The van der Waals surface area contributed by atoms with Crippen molar-refractivity contribution in [1.82, 2.24) is 10.3 Å². The number of carbonyl (C=O) groups excluding carboxylic acids is 1. The second kappa shape index (κ2) is 6.69. The summed E-state index contributed by atoms with van der Waals surface area (Å²) in [5, 5.41) is 13.0. The lowest BCUT2D eigenvalue weighted by Gasteiger charge is -2.18. The fraction of sp³-hybridized carbons (Fsp3) is 0.333. The van der Waals surface area contributed by atoms with Gasteiger partial charge in [0.1, 0.15) is 11.8 Å². The third kappa shape index (κ3) is 3.59. The molecular formula is C15H18N2O3S. The molecule has 0 saturated heterocycles. The number of phenolic OH excluding ortho intramolecular Hbond substituents is 1. The summed E-state index contributed by atoms with van der Waals surface area (Å²) in [6, 6.07) is 3.02. The highest BCUT2D eigenvalue weighted by Gasteiger charge is 2.22. The zero-order valence-electron chi connectivity index (χ0n) is 12.2. The lowest BCUT2D eigenvalue weighted by molar-refractivity contribution is -0.143. The SMILES string of the molecule is COC(=O)[C@H](NCc1cncs1)c1cc(C)c(O)c(C)c1. The van der Waals surface area contributed by atoms with Crippen LogP contribution in [-0.2, 0) is 16.1 Å². The van der Waals surface area contributed by atoms with Gasteiger partial charge in [-0.3, -0.25) is 10.3 Å². The van der Waals surface area contributed by atoms with Crippen molar-refractivity contribution < 1.29 is 14.6 Å². The minimum atomic E-state index is -0.574. The smallest absolute Gasteiger partial charge is 0.327 e. The van der Waals surface area contributed by atoms with E-state index in [4.69, 9.17) is 4.74 Å². The molecule has 1 heterocycles. The van der Waals surface area contributed by atoms with Crippen molar-refractivity contribution in [3.63, 3.8) is 0 Å². The van der Waals surface area contributed by atoms with E-state index in [-0.39, 0.29) is 11.7 Å². The summed E-state index contributed by atoms with van der Waals surface area (Å²) in [7, 11) is 1.36. The van der Waals surface area contributed by atoms with Crippen LogP contribution in [0, 0.1) is 13.8 Å². The van der Waals surface area contributed by atoms with Gasteiger partial charge in [0.25, 0.3) is 0 Å². The normalized spacial score (nSPS) is 12.1. The summed E-state index contributed by atoms with van der Waals surface area (Å²) in [6.45, 7) is 4.15. The van der Waals surface area contributed by atoms with Crippen molar-refractivity contribution in [3.05, 3.63) is 45.4 Å². The third-order valence-corrected chi connectivity index (χ3v) is 4.03. The first-order valence-electron chi connectivity index (χ1n) is 6.51. The number of thiazole rings is 1. The molecule has 6 heteroatoms. The first kappa shape index (κ1) is 15.5. The quantitative estimate of drug-likeness (QED) is 0.830. The molecule has 0 bridgehead atoms. The van der Waals surface area contributed by atoms with Gasteiger partial charge in [0, 0.05) is 17.6 Å². The first-order chi connectivity index (χ1) is 10.0. The van der Waals surface area contributed by atoms with Crippen LogP contribution >= 0.6 is 11.3 Å². The Balaban J connectivity index is 2.25. The number of phenols is 1. The van der Waals surface area contributed by atoms with Crippen LogP contribution in [0.4, 0.5) is 0 Å². The number of nitrogens with zero attached hydrogens (tertiary/aromatic N) is 1. The first-order valence-corrected chi connectivity index (χ1v) is 7.39. The van der Waals surface area contributed by atoms with E-state index < -0.39 is 6.04 Å². The van der Waals surface area contributed by atoms with Gasteiger partial charge >= 0.3 is 5.97 Å². The summed E-state index contributed by atoms with van der Waals surface area (Å²) < 4.78 is 4.87. The molecule has 0 fully saturated rings. The maximum Gasteiger partial charge on any atom is 0.327 e. The van der Waals surface area contributed by atoms with Crippen LogP contribution < -0.4 is 5.32 Å². The van der Waals surface area contributed by atoms with Crippen LogP contribution in [0.2, 0.25) is 0 Å². The van der Waals surface area contributed by atoms with Crippen molar-refractivity contribution in [2.24, 2.45) is 0 Å². The van der Waals surface area contributed by atoms with Crippen LogP contribution in [0.15, 0.2) is 23.8 Å². The van der Waals surface area contributed by atoms with Gasteiger partial charge in [0.05, 0.1) is 12.6 Å². The van der Waals surface area contributed by atoms with Gasteiger partial charge in [-0.25, -0.2) is 4.79 Å². The van der Waals surface area contributed by atoms with Gasteiger partial charge in [-0.1, -0.05) is 12.1 Å². The number of hydrogen-bond donors (Lipinski definition) is 2. The summed E-state index contributed by atoms with van der Waals surface area (Å²) in [5.74, 6) is -0.103. The van der Waals surface area contributed by atoms with E-state index in [1.54, 1.807) is 23.8 Å². The number of aryl methyl sites for hydroxylation is 2. The second-order valence-corrected chi connectivity index (χ2v) is 5.78. The molecule has 2 rings (SSSR count). The zero-order valence-corrected chi connectivity index (χ0v) is 13.0. The Labute approximate surface area is 127 Å². The van der Waals surface area contributed by atoms with Gasteiger partial charge in [-0.2, -0.15) is 0 Å². The minimum absolute atomic E-state index is 0.254. The van der Waals surface area contributed by atoms with Gasteiger partial charge in [-0.15, -0.1) is 11.3 Å². The molecule has 0 aliphatic heterocycles. The van der Waals surface area contributed by atoms with Crippen LogP contribution in [0.1, 0.15) is 27.6 Å². The maximum atomic E-state index is 12.0. The lowest BCUT2D eigenvalue weighted by atomic mass is 10.00. The molecule has 1 aromatic carbocycles. The number of methoxy groups -OCH3 is 1. The summed E-state index contributed by atoms with van der Waals surface area (Å²) in [5.41, 5.74) is 4.00. The Kier molecular flexibility index (Phi) is 4.93.